The van der Waals surface area contributed by atoms with Gasteiger partial charge in [-0.25, -0.2) is 12.7 Å². The molecule has 2 saturated heterocycles. The number of Topliss-reactive ketones (excluding diaryl/α,β-unsaturated/α-hetero) is 1. The standard InChI is InChI=1S/C24H29N3O7S/c1-25(2)35(31,32)18-8-6-17(7-9-18)22(28)20-21(19-5-3-14-34-19)27(24(30)23(20)29)11-4-10-26-12-15-33-16-13-26/h3,5-9,14,21,28H,4,10-13,15-16H2,1-2H3/b22-20-. The third-order valence-electron chi connectivity index (χ3n) is 6.24. The van der Waals surface area contributed by atoms with Gasteiger partial charge in [0.05, 0.1) is 29.9 Å². The van der Waals surface area contributed by atoms with Gasteiger partial charge in [0, 0.05) is 45.8 Å². The van der Waals surface area contributed by atoms with Crippen molar-refractivity contribution in [2.75, 3.05) is 53.5 Å². The van der Waals surface area contributed by atoms with Gasteiger partial charge in [0.1, 0.15) is 17.6 Å². The van der Waals surface area contributed by atoms with Gasteiger partial charge in [-0.15, -0.1) is 0 Å². The fourth-order valence-corrected chi connectivity index (χ4v) is 5.20. The molecule has 0 spiro atoms. The van der Waals surface area contributed by atoms with Gasteiger partial charge >= 0.3 is 0 Å². The molecule has 0 saturated carbocycles. The molecule has 1 N–H and O–H groups in total. The fourth-order valence-electron chi connectivity index (χ4n) is 4.29. The van der Waals surface area contributed by atoms with Crippen LogP contribution in [0, 0.1) is 0 Å². The first-order chi connectivity index (χ1) is 16.7. The molecular formula is C24H29N3O7S. The van der Waals surface area contributed by atoms with Crippen molar-refractivity contribution in [1.82, 2.24) is 14.1 Å². The molecule has 11 heteroatoms. The zero-order chi connectivity index (χ0) is 25.2. The maximum Gasteiger partial charge on any atom is 0.295 e. The number of hydrogen-bond donors (Lipinski definition) is 1. The third-order valence-corrected chi connectivity index (χ3v) is 8.07. The number of aliphatic hydroxyl groups excluding tert-OH is 1. The first-order valence-corrected chi connectivity index (χ1v) is 12.8. The molecule has 10 nitrogen and oxygen atoms in total. The summed E-state index contributed by atoms with van der Waals surface area (Å²) in [4.78, 5) is 29.7. The molecular weight excluding hydrogens is 474 g/mol. The summed E-state index contributed by atoms with van der Waals surface area (Å²) in [5.41, 5.74) is 0.144. The molecule has 0 radical (unpaired) electrons. The molecule has 1 unspecified atom stereocenters. The van der Waals surface area contributed by atoms with Crippen LogP contribution in [0.2, 0.25) is 0 Å². The molecule has 2 aliphatic rings. The normalized spacial score (nSPS) is 21.2. The molecule has 35 heavy (non-hydrogen) atoms. The highest BCUT2D eigenvalue weighted by molar-refractivity contribution is 7.89. The first kappa shape index (κ1) is 25.1. The number of nitrogens with zero attached hydrogens (tertiary/aromatic N) is 3. The van der Waals surface area contributed by atoms with Crippen LogP contribution in [0.3, 0.4) is 0 Å². The molecule has 3 heterocycles. The quantitative estimate of drug-likeness (QED) is 0.328. The van der Waals surface area contributed by atoms with E-state index in [1.54, 1.807) is 12.1 Å². The summed E-state index contributed by atoms with van der Waals surface area (Å²) in [6.07, 6.45) is 2.09. The van der Waals surface area contributed by atoms with Gasteiger partial charge in [0.15, 0.2) is 0 Å². The molecule has 1 aromatic heterocycles. The lowest BCUT2D eigenvalue weighted by molar-refractivity contribution is -0.140. The highest BCUT2D eigenvalue weighted by Gasteiger charge is 2.47. The number of aliphatic hydroxyl groups is 1. The molecule has 0 bridgehead atoms. The van der Waals surface area contributed by atoms with Crippen LogP contribution >= 0.6 is 0 Å². The lowest BCUT2D eigenvalue weighted by Gasteiger charge is -2.28. The van der Waals surface area contributed by atoms with Gasteiger partial charge in [-0.2, -0.15) is 0 Å². The van der Waals surface area contributed by atoms with Crippen LogP contribution in [0.1, 0.15) is 23.8 Å². The second-order valence-electron chi connectivity index (χ2n) is 8.63. The Hall–Kier alpha value is -2.99. The molecule has 2 fully saturated rings. The van der Waals surface area contributed by atoms with Gasteiger partial charge in [-0.05, 0) is 42.8 Å². The third kappa shape index (κ3) is 5.03. The molecule has 4 rings (SSSR count). The van der Waals surface area contributed by atoms with Crippen molar-refractivity contribution < 1.29 is 32.3 Å². The van der Waals surface area contributed by atoms with E-state index in [2.05, 4.69) is 4.90 Å². The van der Waals surface area contributed by atoms with Gasteiger partial charge in [0.2, 0.25) is 10.0 Å². The van der Waals surface area contributed by atoms with Gasteiger partial charge in [-0.3, -0.25) is 14.5 Å². The Balaban J connectivity index is 1.63. The van der Waals surface area contributed by atoms with Crippen LogP contribution in [-0.2, 0) is 24.3 Å². The highest BCUT2D eigenvalue weighted by atomic mass is 32.2. The predicted molar refractivity (Wildman–Crippen MR) is 127 cm³/mol. The number of ether oxygens (including phenoxy) is 1. The van der Waals surface area contributed by atoms with Crippen LogP contribution in [-0.4, -0.2) is 92.8 Å². The summed E-state index contributed by atoms with van der Waals surface area (Å²) < 4.78 is 36.7. The number of morpholine rings is 1. The number of furan rings is 1. The molecule has 1 amide bonds. The van der Waals surface area contributed by atoms with Crippen LogP contribution < -0.4 is 0 Å². The number of ketones is 1. The zero-order valence-corrected chi connectivity index (χ0v) is 20.5. The minimum atomic E-state index is -3.65. The molecule has 1 atom stereocenters. The summed E-state index contributed by atoms with van der Waals surface area (Å²) in [7, 11) is -0.806. The van der Waals surface area contributed by atoms with E-state index in [1.807, 2.05) is 0 Å². The lowest BCUT2D eigenvalue weighted by atomic mass is 9.99. The van der Waals surface area contributed by atoms with Crippen molar-refractivity contribution in [2.45, 2.75) is 17.4 Å². The molecule has 1 aromatic carbocycles. The molecule has 0 aliphatic carbocycles. The summed E-state index contributed by atoms with van der Waals surface area (Å²) >= 11 is 0. The van der Waals surface area contributed by atoms with Crippen LogP contribution in [0.5, 0.6) is 0 Å². The van der Waals surface area contributed by atoms with E-state index in [1.165, 1.54) is 49.5 Å². The van der Waals surface area contributed by atoms with Gasteiger partial charge < -0.3 is 19.2 Å². The van der Waals surface area contributed by atoms with E-state index in [-0.39, 0.29) is 21.8 Å². The van der Waals surface area contributed by atoms with Crippen molar-refractivity contribution in [2.24, 2.45) is 0 Å². The van der Waals surface area contributed by atoms with Crippen molar-refractivity contribution in [1.29, 1.82) is 0 Å². The zero-order valence-electron chi connectivity index (χ0n) is 19.7. The Bertz CT molecular complexity index is 1200. The van der Waals surface area contributed by atoms with Gasteiger partial charge in [0.25, 0.3) is 11.7 Å². The van der Waals surface area contributed by atoms with Crippen molar-refractivity contribution in [3.05, 3.63) is 59.6 Å². The summed E-state index contributed by atoms with van der Waals surface area (Å²) in [6.45, 7) is 4.04. The van der Waals surface area contributed by atoms with Crippen LogP contribution in [0.15, 0.2) is 57.5 Å². The Labute approximate surface area is 204 Å². The smallest absolute Gasteiger partial charge is 0.295 e. The molecule has 2 aromatic rings. The number of benzene rings is 1. The topological polar surface area (TPSA) is 121 Å². The second-order valence-corrected chi connectivity index (χ2v) is 10.8. The minimum absolute atomic E-state index is 0.0465. The maximum atomic E-state index is 13.0. The summed E-state index contributed by atoms with van der Waals surface area (Å²) in [5.74, 6) is -1.53. The van der Waals surface area contributed by atoms with Crippen molar-refractivity contribution >= 4 is 27.5 Å². The molecule has 2 aliphatic heterocycles. The number of sulfonamides is 1. The SMILES string of the molecule is CN(C)S(=O)(=O)c1ccc(/C(O)=C2/C(=O)C(=O)N(CCCN3CCOCC3)C2c2ccco2)cc1. The average molecular weight is 504 g/mol. The van der Waals surface area contributed by atoms with Gasteiger partial charge in [-0.1, -0.05) is 0 Å². The summed E-state index contributed by atoms with van der Waals surface area (Å²) in [5, 5.41) is 11.1. The number of carbonyl (C=O) groups excluding carboxylic acids is 2. The minimum Gasteiger partial charge on any atom is -0.507 e. The first-order valence-electron chi connectivity index (χ1n) is 11.4. The van der Waals surface area contributed by atoms with E-state index in [4.69, 9.17) is 9.15 Å². The monoisotopic (exact) mass is 503 g/mol. The Kier molecular flexibility index (Phi) is 7.41. The predicted octanol–water partition coefficient (Wildman–Crippen LogP) is 1.67. The maximum absolute atomic E-state index is 13.0. The van der Waals surface area contributed by atoms with E-state index in [0.717, 1.165) is 23.9 Å². The number of carbonyl (C=O) groups is 2. The Morgan fingerprint density at radius 3 is 2.37 bits per heavy atom. The van der Waals surface area contributed by atoms with E-state index in [9.17, 15) is 23.1 Å². The lowest BCUT2D eigenvalue weighted by Crippen LogP contribution is -2.38. The largest absolute Gasteiger partial charge is 0.507 e. The second kappa shape index (κ2) is 10.3. The van der Waals surface area contributed by atoms with Crippen LogP contribution in [0.4, 0.5) is 0 Å². The number of hydrogen-bond acceptors (Lipinski definition) is 8. The van der Waals surface area contributed by atoms with E-state index in [0.29, 0.717) is 31.9 Å². The van der Waals surface area contributed by atoms with Crippen molar-refractivity contribution in [3.8, 4) is 0 Å². The molecule has 188 valence electrons. The van der Waals surface area contributed by atoms with E-state index < -0.39 is 27.8 Å². The van der Waals surface area contributed by atoms with Crippen LogP contribution in [0.25, 0.3) is 5.76 Å². The number of amides is 1. The Morgan fingerprint density at radius 2 is 1.77 bits per heavy atom. The highest BCUT2D eigenvalue weighted by Crippen LogP contribution is 2.39. The summed E-state index contributed by atoms with van der Waals surface area (Å²) in [6, 6.07) is 7.97. The van der Waals surface area contributed by atoms with Crippen molar-refractivity contribution in [3.63, 3.8) is 0 Å². The average Bonchev–Trinajstić information content (AvgIpc) is 3.47. The van der Waals surface area contributed by atoms with E-state index >= 15 is 0 Å². The fraction of sp³-hybridized carbons (Fsp3) is 0.417. The number of likely N-dealkylation sites (tertiary alicyclic amines) is 1. The number of rotatable bonds is 8. The Morgan fingerprint density at radius 1 is 1.09 bits per heavy atom.